The molecule has 0 aliphatic rings. The van der Waals surface area contributed by atoms with Crippen molar-refractivity contribution in [3.05, 3.63) is 88.1 Å². The first kappa shape index (κ1) is 24.1. The molecule has 0 saturated heterocycles. The molecule has 6 nitrogen and oxygen atoms in total. The third-order valence-electron chi connectivity index (χ3n) is 6.23. The van der Waals surface area contributed by atoms with Gasteiger partial charge in [0.25, 0.3) is 5.91 Å². The SMILES string of the molecule is COc1ccc(-c2c(NC(=O)c3ccc(C(C)(C)C)cc3)n(C)c3ccccc3c2=O)cc1OC. The number of para-hydroxylation sites is 1. The fourth-order valence-corrected chi connectivity index (χ4v) is 4.20. The van der Waals surface area contributed by atoms with Crippen molar-refractivity contribution in [1.29, 1.82) is 0 Å². The Morgan fingerprint density at radius 3 is 2.17 bits per heavy atom. The van der Waals surface area contributed by atoms with Crippen LogP contribution in [0, 0.1) is 0 Å². The Labute approximate surface area is 205 Å². The molecule has 0 atom stereocenters. The third kappa shape index (κ3) is 4.52. The molecule has 1 aromatic heterocycles. The van der Waals surface area contributed by atoms with Crippen molar-refractivity contribution in [2.45, 2.75) is 26.2 Å². The van der Waals surface area contributed by atoms with Crippen molar-refractivity contribution < 1.29 is 14.3 Å². The second-order valence-electron chi connectivity index (χ2n) is 9.48. The second-order valence-corrected chi connectivity index (χ2v) is 9.48. The summed E-state index contributed by atoms with van der Waals surface area (Å²) >= 11 is 0. The Bertz CT molecular complexity index is 1460. The van der Waals surface area contributed by atoms with Crippen molar-refractivity contribution in [1.82, 2.24) is 4.57 Å². The maximum Gasteiger partial charge on any atom is 0.256 e. The monoisotopic (exact) mass is 470 g/mol. The van der Waals surface area contributed by atoms with Crippen LogP contribution in [0.4, 0.5) is 5.82 Å². The first-order valence-corrected chi connectivity index (χ1v) is 11.4. The average molecular weight is 471 g/mol. The number of rotatable bonds is 5. The minimum atomic E-state index is -0.294. The van der Waals surface area contributed by atoms with Gasteiger partial charge in [0.05, 0.1) is 25.3 Å². The first-order chi connectivity index (χ1) is 16.7. The summed E-state index contributed by atoms with van der Waals surface area (Å²) < 4.78 is 12.7. The van der Waals surface area contributed by atoms with Crippen LogP contribution in [0.3, 0.4) is 0 Å². The molecule has 0 radical (unpaired) electrons. The zero-order chi connectivity index (χ0) is 25.3. The Morgan fingerprint density at radius 1 is 0.886 bits per heavy atom. The Balaban J connectivity index is 1.88. The normalized spacial score (nSPS) is 11.4. The van der Waals surface area contributed by atoms with Crippen molar-refractivity contribution in [3.63, 3.8) is 0 Å². The Morgan fingerprint density at radius 2 is 1.54 bits per heavy atom. The fourth-order valence-electron chi connectivity index (χ4n) is 4.20. The number of pyridine rings is 1. The lowest BCUT2D eigenvalue weighted by Crippen LogP contribution is -2.21. The molecule has 1 N–H and O–H groups in total. The number of aromatic nitrogens is 1. The quantitative estimate of drug-likeness (QED) is 0.402. The van der Waals surface area contributed by atoms with Crippen LogP contribution in [0.25, 0.3) is 22.0 Å². The van der Waals surface area contributed by atoms with E-state index in [0.29, 0.717) is 39.4 Å². The summed E-state index contributed by atoms with van der Waals surface area (Å²) in [7, 11) is 4.94. The van der Waals surface area contributed by atoms with Crippen molar-refractivity contribution in [2.75, 3.05) is 19.5 Å². The number of fused-ring (bicyclic) bond motifs is 1. The van der Waals surface area contributed by atoms with E-state index in [1.54, 1.807) is 38.5 Å². The van der Waals surface area contributed by atoms with Gasteiger partial charge in [-0.2, -0.15) is 0 Å². The summed E-state index contributed by atoms with van der Waals surface area (Å²) in [6.45, 7) is 6.38. The minimum absolute atomic E-state index is 0.0160. The van der Waals surface area contributed by atoms with Gasteiger partial charge >= 0.3 is 0 Å². The number of methoxy groups -OCH3 is 2. The minimum Gasteiger partial charge on any atom is -0.493 e. The lowest BCUT2D eigenvalue weighted by atomic mass is 9.87. The second kappa shape index (κ2) is 9.29. The lowest BCUT2D eigenvalue weighted by molar-refractivity contribution is 0.102. The molecule has 0 fully saturated rings. The van der Waals surface area contributed by atoms with Gasteiger partial charge in [-0.1, -0.05) is 51.1 Å². The van der Waals surface area contributed by atoms with E-state index >= 15 is 0 Å². The van der Waals surface area contributed by atoms with Gasteiger partial charge in [-0.05, 0) is 52.9 Å². The maximum absolute atomic E-state index is 13.7. The molecule has 4 rings (SSSR count). The van der Waals surface area contributed by atoms with Crippen LogP contribution in [-0.2, 0) is 12.5 Å². The number of hydrogen-bond acceptors (Lipinski definition) is 4. The Kier molecular flexibility index (Phi) is 6.39. The molecule has 0 aliphatic carbocycles. The van der Waals surface area contributed by atoms with Gasteiger partial charge in [0.1, 0.15) is 5.82 Å². The summed E-state index contributed by atoms with van der Waals surface area (Å²) in [5, 5.41) is 3.57. The van der Waals surface area contributed by atoms with E-state index in [9.17, 15) is 9.59 Å². The van der Waals surface area contributed by atoms with Gasteiger partial charge in [-0.15, -0.1) is 0 Å². The van der Waals surface area contributed by atoms with Crippen LogP contribution in [0.2, 0.25) is 0 Å². The number of aryl methyl sites for hydroxylation is 1. The number of nitrogens with zero attached hydrogens (tertiary/aromatic N) is 1. The summed E-state index contributed by atoms with van der Waals surface area (Å²) in [6, 6.07) is 20.2. The van der Waals surface area contributed by atoms with Crippen LogP contribution < -0.4 is 20.2 Å². The molecule has 35 heavy (non-hydrogen) atoms. The van der Waals surface area contributed by atoms with Crippen LogP contribution in [0.5, 0.6) is 11.5 Å². The zero-order valence-corrected chi connectivity index (χ0v) is 20.9. The van der Waals surface area contributed by atoms with E-state index in [1.807, 2.05) is 54.1 Å². The van der Waals surface area contributed by atoms with Gasteiger partial charge in [-0.25, -0.2) is 0 Å². The summed E-state index contributed by atoms with van der Waals surface area (Å²) in [4.78, 5) is 27.0. The molecule has 1 heterocycles. The number of hydrogen-bond donors (Lipinski definition) is 1. The lowest BCUT2D eigenvalue weighted by Gasteiger charge is -2.20. The van der Waals surface area contributed by atoms with Crippen LogP contribution in [-0.4, -0.2) is 24.7 Å². The van der Waals surface area contributed by atoms with Crippen LogP contribution in [0.15, 0.2) is 71.5 Å². The average Bonchev–Trinajstić information content (AvgIpc) is 2.86. The number of ether oxygens (including phenoxy) is 2. The van der Waals surface area contributed by atoms with Crippen LogP contribution in [0.1, 0.15) is 36.7 Å². The van der Waals surface area contributed by atoms with Gasteiger partial charge in [0.15, 0.2) is 16.9 Å². The Hall–Kier alpha value is -4.06. The van der Waals surface area contributed by atoms with E-state index in [1.165, 1.54) is 0 Å². The molecular formula is C29H30N2O4. The standard InChI is InChI=1S/C29H30N2O4/c1-29(2,3)20-14-11-18(12-15-20)28(33)30-27-25(19-13-16-23(34-5)24(17-19)35-6)26(32)21-9-7-8-10-22(21)31(27)4/h7-17H,1-6H3,(H,30,33). The van der Waals surface area contributed by atoms with Gasteiger partial charge in [-0.3, -0.25) is 9.59 Å². The highest BCUT2D eigenvalue weighted by atomic mass is 16.5. The first-order valence-electron chi connectivity index (χ1n) is 11.4. The topological polar surface area (TPSA) is 69.6 Å². The smallest absolute Gasteiger partial charge is 0.256 e. The summed E-state index contributed by atoms with van der Waals surface area (Å²) in [5.74, 6) is 1.16. The third-order valence-corrected chi connectivity index (χ3v) is 6.23. The van der Waals surface area contributed by atoms with Crippen molar-refractivity contribution >= 4 is 22.6 Å². The molecule has 1 amide bonds. The predicted molar refractivity (Wildman–Crippen MR) is 141 cm³/mol. The summed E-state index contributed by atoms with van der Waals surface area (Å²) in [6.07, 6.45) is 0. The van der Waals surface area contributed by atoms with E-state index in [0.717, 1.165) is 11.1 Å². The predicted octanol–water partition coefficient (Wildman–Crippen LogP) is 5.77. The summed E-state index contributed by atoms with van der Waals surface area (Å²) in [5.41, 5.74) is 3.18. The highest BCUT2D eigenvalue weighted by molar-refractivity contribution is 6.07. The molecule has 6 heteroatoms. The highest BCUT2D eigenvalue weighted by Crippen LogP contribution is 2.35. The number of carbonyl (C=O) groups excluding carboxylic acids is 1. The fraction of sp³-hybridized carbons (Fsp3) is 0.241. The molecule has 0 spiro atoms. The molecule has 0 bridgehead atoms. The molecule has 180 valence electrons. The number of nitrogens with one attached hydrogen (secondary N) is 1. The number of carbonyl (C=O) groups is 1. The molecule has 0 saturated carbocycles. The largest absolute Gasteiger partial charge is 0.493 e. The maximum atomic E-state index is 13.7. The van der Waals surface area contributed by atoms with E-state index in [4.69, 9.17) is 9.47 Å². The van der Waals surface area contributed by atoms with E-state index in [2.05, 4.69) is 26.1 Å². The molecule has 0 aliphatic heterocycles. The number of benzene rings is 3. The van der Waals surface area contributed by atoms with Gasteiger partial charge in [0.2, 0.25) is 0 Å². The van der Waals surface area contributed by atoms with Gasteiger partial charge in [0, 0.05) is 18.0 Å². The molecule has 3 aromatic carbocycles. The van der Waals surface area contributed by atoms with Crippen molar-refractivity contribution in [3.8, 4) is 22.6 Å². The van der Waals surface area contributed by atoms with E-state index in [-0.39, 0.29) is 16.8 Å². The molecular weight excluding hydrogens is 440 g/mol. The van der Waals surface area contributed by atoms with E-state index < -0.39 is 0 Å². The highest BCUT2D eigenvalue weighted by Gasteiger charge is 2.21. The zero-order valence-electron chi connectivity index (χ0n) is 20.9. The van der Waals surface area contributed by atoms with Gasteiger partial charge < -0.3 is 19.4 Å². The molecule has 4 aromatic rings. The number of amides is 1. The van der Waals surface area contributed by atoms with Crippen molar-refractivity contribution in [2.24, 2.45) is 7.05 Å². The number of anilines is 1. The molecule has 0 unspecified atom stereocenters. The van der Waals surface area contributed by atoms with Crippen LogP contribution >= 0.6 is 0 Å².